The van der Waals surface area contributed by atoms with Crippen molar-refractivity contribution in [1.82, 2.24) is 5.16 Å². The highest BCUT2D eigenvalue weighted by Crippen LogP contribution is 2.25. The van der Waals surface area contributed by atoms with E-state index in [2.05, 4.69) is 14.5 Å². The Kier molecular flexibility index (Phi) is 4.14. The number of ether oxygens (including phenoxy) is 2. The summed E-state index contributed by atoms with van der Waals surface area (Å²) >= 11 is 0. The molecule has 0 aliphatic carbocycles. The zero-order valence-electron chi connectivity index (χ0n) is 10.8. The maximum Gasteiger partial charge on any atom is 0.378 e. The SMILES string of the molecule is NC(=O)c1c(COC2=C(O)C(=O)OC2C(O)CO)no[n+]1[O-]. The Morgan fingerprint density at radius 3 is 2.86 bits per heavy atom. The molecule has 120 valence electrons. The molecule has 2 unspecified atom stereocenters. The van der Waals surface area contributed by atoms with Crippen molar-refractivity contribution in [3.63, 3.8) is 0 Å². The molecule has 1 aliphatic heterocycles. The quantitative estimate of drug-likeness (QED) is 0.310. The molecule has 0 saturated heterocycles. The first kappa shape index (κ1) is 15.5. The van der Waals surface area contributed by atoms with Gasteiger partial charge in [0.2, 0.25) is 5.76 Å². The summed E-state index contributed by atoms with van der Waals surface area (Å²) < 4.78 is 13.8. The number of aliphatic hydroxyl groups is 3. The third kappa shape index (κ3) is 2.64. The second kappa shape index (κ2) is 5.87. The number of hydrogen-bond acceptors (Lipinski definition) is 10. The molecule has 0 saturated carbocycles. The lowest BCUT2D eigenvalue weighted by atomic mass is 10.2. The van der Waals surface area contributed by atoms with E-state index >= 15 is 0 Å². The number of primary amides is 1. The van der Waals surface area contributed by atoms with Gasteiger partial charge in [0.1, 0.15) is 6.10 Å². The van der Waals surface area contributed by atoms with E-state index in [0.717, 1.165) is 0 Å². The van der Waals surface area contributed by atoms with E-state index < -0.39 is 54.5 Å². The van der Waals surface area contributed by atoms with Gasteiger partial charge < -0.3 is 35.7 Å². The molecule has 0 bridgehead atoms. The maximum absolute atomic E-state index is 11.2. The van der Waals surface area contributed by atoms with E-state index in [1.54, 1.807) is 0 Å². The normalized spacial score (nSPS) is 19.2. The van der Waals surface area contributed by atoms with E-state index in [4.69, 9.17) is 15.6 Å². The van der Waals surface area contributed by atoms with Crippen molar-refractivity contribution in [1.29, 1.82) is 0 Å². The van der Waals surface area contributed by atoms with Crippen LogP contribution in [0.5, 0.6) is 0 Å². The van der Waals surface area contributed by atoms with Crippen LogP contribution in [0.3, 0.4) is 0 Å². The molecule has 1 amide bonds. The minimum absolute atomic E-state index is 0.231. The third-order valence-corrected chi connectivity index (χ3v) is 2.73. The summed E-state index contributed by atoms with van der Waals surface area (Å²) in [5, 5.41) is 42.2. The molecular weight excluding hydrogens is 306 g/mol. The maximum atomic E-state index is 11.2. The van der Waals surface area contributed by atoms with Crippen LogP contribution >= 0.6 is 0 Å². The van der Waals surface area contributed by atoms with Crippen LogP contribution in [0.25, 0.3) is 0 Å². The Hall–Kier alpha value is -2.86. The van der Waals surface area contributed by atoms with Gasteiger partial charge in [-0.25, -0.2) is 4.79 Å². The molecule has 1 aliphatic rings. The molecule has 5 N–H and O–H groups in total. The van der Waals surface area contributed by atoms with Crippen LogP contribution in [-0.2, 0) is 20.9 Å². The largest absolute Gasteiger partial charge is 0.499 e. The summed E-state index contributed by atoms with van der Waals surface area (Å²) in [6.07, 6.45) is -2.98. The smallest absolute Gasteiger partial charge is 0.378 e. The van der Waals surface area contributed by atoms with E-state index in [1.807, 2.05) is 0 Å². The number of esters is 1. The third-order valence-electron chi connectivity index (χ3n) is 2.73. The zero-order chi connectivity index (χ0) is 16.4. The number of amides is 1. The molecule has 12 nitrogen and oxygen atoms in total. The van der Waals surface area contributed by atoms with Gasteiger partial charge in [-0.15, -0.1) is 0 Å². The van der Waals surface area contributed by atoms with Crippen LogP contribution in [0.15, 0.2) is 16.1 Å². The van der Waals surface area contributed by atoms with Crippen LogP contribution in [-0.4, -0.2) is 51.2 Å². The Labute approximate surface area is 121 Å². The molecule has 2 rings (SSSR count). The van der Waals surface area contributed by atoms with Crippen molar-refractivity contribution < 1.29 is 43.9 Å². The predicted octanol–water partition coefficient (Wildman–Crippen LogP) is -3.03. The highest BCUT2D eigenvalue weighted by atomic mass is 16.8. The lowest BCUT2D eigenvalue weighted by Crippen LogP contribution is -2.35. The Morgan fingerprint density at radius 2 is 2.27 bits per heavy atom. The van der Waals surface area contributed by atoms with Gasteiger partial charge in [0.25, 0.3) is 17.3 Å². The number of carbonyl (C=O) groups is 2. The topological polar surface area (TPSA) is 192 Å². The van der Waals surface area contributed by atoms with Crippen LogP contribution < -0.4 is 10.6 Å². The van der Waals surface area contributed by atoms with E-state index in [1.165, 1.54) is 0 Å². The van der Waals surface area contributed by atoms with Gasteiger partial charge in [-0.3, -0.25) is 9.42 Å². The number of rotatable bonds is 6. The molecule has 2 atom stereocenters. The Balaban J connectivity index is 2.19. The molecule has 1 aromatic rings. The minimum atomic E-state index is -1.54. The molecule has 1 aromatic heterocycles. The van der Waals surface area contributed by atoms with Gasteiger partial charge in [-0.1, -0.05) is 0 Å². The molecule has 0 aromatic carbocycles. The molecule has 0 fully saturated rings. The second-order valence-corrected chi connectivity index (χ2v) is 4.17. The number of aliphatic hydroxyl groups excluding tert-OH is 3. The summed E-state index contributed by atoms with van der Waals surface area (Å²) in [6, 6.07) is 0. The van der Waals surface area contributed by atoms with Crippen LogP contribution in [0.4, 0.5) is 0 Å². The highest BCUT2D eigenvalue weighted by Gasteiger charge is 2.41. The second-order valence-electron chi connectivity index (χ2n) is 4.17. The Bertz CT molecular complexity index is 638. The summed E-state index contributed by atoms with van der Waals surface area (Å²) in [5.41, 5.74) is 4.05. The number of nitrogens with zero attached hydrogens (tertiary/aromatic N) is 2. The standard InChI is InChI=1S/C10H11N3O9/c11-9(17)5-3(12-22-13(5)19)2-20-8-6(16)10(18)21-7(8)4(15)1-14/h4,7,14-16H,1-2H2,(H2,11,17). The summed E-state index contributed by atoms with van der Waals surface area (Å²) in [5.74, 6) is -3.69. The monoisotopic (exact) mass is 317 g/mol. The fourth-order valence-electron chi connectivity index (χ4n) is 1.71. The summed E-state index contributed by atoms with van der Waals surface area (Å²) in [4.78, 5) is 22.1. The number of aromatic nitrogens is 2. The number of cyclic esters (lactones) is 1. The molecule has 12 heteroatoms. The van der Waals surface area contributed by atoms with Crippen LogP contribution in [0, 0.1) is 5.21 Å². The number of hydrogen-bond donors (Lipinski definition) is 4. The van der Waals surface area contributed by atoms with Gasteiger partial charge >= 0.3 is 5.97 Å². The van der Waals surface area contributed by atoms with Gasteiger partial charge in [0, 0.05) is 5.16 Å². The van der Waals surface area contributed by atoms with Crippen molar-refractivity contribution in [2.24, 2.45) is 5.73 Å². The van der Waals surface area contributed by atoms with Crippen molar-refractivity contribution in [3.8, 4) is 0 Å². The van der Waals surface area contributed by atoms with Gasteiger partial charge in [0.05, 0.1) is 6.61 Å². The van der Waals surface area contributed by atoms with E-state index in [0.29, 0.717) is 0 Å². The molecule has 0 spiro atoms. The van der Waals surface area contributed by atoms with Gasteiger partial charge in [-0.05, 0) is 4.90 Å². The van der Waals surface area contributed by atoms with Gasteiger partial charge in [0.15, 0.2) is 18.5 Å². The van der Waals surface area contributed by atoms with Crippen LogP contribution in [0.2, 0.25) is 0 Å². The van der Waals surface area contributed by atoms with Crippen LogP contribution in [0.1, 0.15) is 16.2 Å². The number of nitrogens with two attached hydrogens (primary N) is 1. The van der Waals surface area contributed by atoms with E-state index in [-0.39, 0.29) is 10.6 Å². The molecular formula is C10H11N3O9. The van der Waals surface area contributed by atoms with Crippen molar-refractivity contribution in [3.05, 3.63) is 28.1 Å². The first-order valence-corrected chi connectivity index (χ1v) is 5.81. The fourth-order valence-corrected chi connectivity index (χ4v) is 1.71. The van der Waals surface area contributed by atoms with Crippen molar-refractivity contribution in [2.45, 2.75) is 18.8 Å². The van der Waals surface area contributed by atoms with E-state index in [9.17, 15) is 25.0 Å². The molecule has 2 heterocycles. The average Bonchev–Trinajstić information content (AvgIpc) is 2.97. The first-order valence-electron chi connectivity index (χ1n) is 5.81. The predicted molar refractivity (Wildman–Crippen MR) is 61.4 cm³/mol. The van der Waals surface area contributed by atoms with Crippen molar-refractivity contribution >= 4 is 11.9 Å². The average molecular weight is 317 g/mol. The molecule has 22 heavy (non-hydrogen) atoms. The first-order chi connectivity index (χ1) is 10.4. The lowest BCUT2D eigenvalue weighted by Gasteiger charge is -2.17. The zero-order valence-corrected chi connectivity index (χ0v) is 10.8. The molecule has 0 radical (unpaired) electrons. The van der Waals surface area contributed by atoms with Gasteiger partial charge in [-0.2, -0.15) is 0 Å². The highest BCUT2D eigenvalue weighted by molar-refractivity contribution is 5.90. The lowest BCUT2D eigenvalue weighted by molar-refractivity contribution is -0.803. The summed E-state index contributed by atoms with van der Waals surface area (Å²) in [6.45, 7) is -1.35. The summed E-state index contributed by atoms with van der Waals surface area (Å²) in [7, 11) is 0. The minimum Gasteiger partial charge on any atom is -0.499 e. The fraction of sp³-hybridized carbons (Fsp3) is 0.400. The number of carbonyl (C=O) groups excluding carboxylic acids is 2. The Morgan fingerprint density at radius 1 is 1.59 bits per heavy atom. The van der Waals surface area contributed by atoms with Crippen molar-refractivity contribution in [2.75, 3.05) is 6.61 Å².